The highest BCUT2D eigenvalue weighted by atomic mass is 16.1. The number of nitrogens with zero attached hydrogens (tertiary/aromatic N) is 3. The molecular formula is C14H19N3O. The Hall–Kier alpha value is -1.58. The molecule has 0 atom stereocenters. The monoisotopic (exact) mass is 245 g/mol. The SMILES string of the molecule is CN(C)C=C1CCc2nn(C)c(C3CC3)c2C1=O. The molecule has 3 rings (SSSR count). The van der Waals surface area contributed by atoms with Crippen molar-refractivity contribution in [3.05, 3.63) is 28.7 Å². The lowest BCUT2D eigenvalue weighted by atomic mass is 9.89. The Morgan fingerprint density at radius 3 is 2.67 bits per heavy atom. The largest absolute Gasteiger partial charge is 0.383 e. The number of hydrogen-bond donors (Lipinski definition) is 0. The van der Waals surface area contributed by atoms with E-state index >= 15 is 0 Å². The highest BCUT2D eigenvalue weighted by Gasteiger charge is 2.36. The standard InChI is InChI=1S/C14H19N3O/c1-16(2)8-10-6-7-11-12(14(10)18)13(9-4-5-9)17(3)15-11/h8-9H,4-7H2,1-3H3. The topological polar surface area (TPSA) is 38.1 Å². The fourth-order valence-corrected chi connectivity index (χ4v) is 2.80. The fraction of sp³-hybridized carbons (Fsp3) is 0.571. The lowest BCUT2D eigenvalue weighted by Crippen LogP contribution is -2.17. The summed E-state index contributed by atoms with van der Waals surface area (Å²) in [7, 11) is 5.89. The van der Waals surface area contributed by atoms with E-state index in [9.17, 15) is 4.79 Å². The van der Waals surface area contributed by atoms with E-state index < -0.39 is 0 Å². The van der Waals surface area contributed by atoms with Crippen LogP contribution in [0.5, 0.6) is 0 Å². The number of ketones is 1. The predicted octanol–water partition coefficient (Wildman–Crippen LogP) is 1.87. The van der Waals surface area contributed by atoms with Crippen LogP contribution in [0.15, 0.2) is 11.8 Å². The Balaban J connectivity index is 2.06. The third-order valence-corrected chi connectivity index (χ3v) is 3.69. The van der Waals surface area contributed by atoms with E-state index in [2.05, 4.69) is 5.10 Å². The summed E-state index contributed by atoms with van der Waals surface area (Å²) in [5.74, 6) is 0.758. The Morgan fingerprint density at radius 2 is 2.06 bits per heavy atom. The van der Waals surface area contributed by atoms with Crippen LogP contribution in [-0.4, -0.2) is 34.6 Å². The summed E-state index contributed by atoms with van der Waals surface area (Å²) in [5.41, 5.74) is 3.99. The molecule has 96 valence electrons. The fourth-order valence-electron chi connectivity index (χ4n) is 2.80. The Kier molecular flexibility index (Phi) is 2.54. The maximum atomic E-state index is 12.6. The Labute approximate surface area is 107 Å². The zero-order valence-corrected chi connectivity index (χ0v) is 11.2. The minimum Gasteiger partial charge on any atom is -0.383 e. The molecule has 1 fully saturated rings. The van der Waals surface area contributed by atoms with Gasteiger partial charge < -0.3 is 4.90 Å². The molecule has 4 heteroatoms. The third-order valence-electron chi connectivity index (χ3n) is 3.69. The third kappa shape index (κ3) is 1.76. The van der Waals surface area contributed by atoms with Crippen LogP contribution in [0.25, 0.3) is 0 Å². The zero-order valence-electron chi connectivity index (χ0n) is 11.2. The minimum absolute atomic E-state index is 0.194. The minimum atomic E-state index is 0.194. The average molecular weight is 245 g/mol. The first-order valence-electron chi connectivity index (χ1n) is 6.55. The molecule has 1 aromatic heterocycles. The van der Waals surface area contributed by atoms with Crippen LogP contribution >= 0.6 is 0 Å². The Morgan fingerprint density at radius 1 is 1.33 bits per heavy atom. The van der Waals surface area contributed by atoms with Crippen molar-refractivity contribution in [2.75, 3.05) is 14.1 Å². The summed E-state index contributed by atoms with van der Waals surface area (Å²) in [6, 6.07) is 0. The lowest BCUT2D eigenvalue weighted by Gasteiger charge is -2.16. The molecule has 0 bridgehead atoms. The molecule has 0 N–H and O–H groups in total. The number of carbonyl (C=O) groups excluding carboxylic acids is 1. The van der Waals surface area contributed by atoms with Crippen molar-refractivity contribution < 1.29 is 4.79 Å². The second-order valence-electron chi connectivity index (χ2n) is 5.55. The van der Waals surface area contributed by atoms with Gasteiger partial charge in [-0.15, -0.1) is 0 Å². The van der Waals surface area contributed by atoms with Crippen molar-refractivity contribution in [1.29, 1.82) is 0 Å². The molecule has 1 saturated carbocycles. The van der Waals surface area contributed by atoms with Gasteiger partial charge in [0.25, 0.3) is 0 Å². The number of aryl methyl sites for hydroxylation is 2. The predicted molar refractivity (Wildman–Crippen MR) is 69.6 cm³/mol. The Bertz CT molecular complexity index is 535. The lowest BCUT2D eigenvalue weighted by molar-refractivity contribution is 0.102. The van der Waals surface area contributed by atoms with E-state index in [0.717, 1.165) is 29.7 Å². The first-order chi connectivity index (χ1) is 8.58. The quantitative estimate of drug-likeness (QED) is 0.747. The second-order valence-corrected chi connectivity index (χ2v) is 5.55. The average Bonchev–Trinajstić information content (AvgIpc) is 3.06. The van der Waals surface area contributed by atoms with Gasteiger partial charge in [0.15, 0.2) is 5.78 Å². The van der Waals surface area contributed by atoms with Crippen LogP contribution < -0.4 is 0 Å². The van der Waals surface area contributed by atoms with Crippen molar-refractivity contribution in [1.82, 2.24) is 14.7 Å². The zero-order chi connectivity index (χ0) is 12.9. The highest BCUT2D eigenvalue weighted by molar-refractivity contribution is 6.11. The van der Waals surface area contributed by atoms with Crippen LogP contribution in [-0.2, 0) is 13.5 Å². The van der Waals surface area contributed by atoms with E-state index in [1.165, 1.54) is 18.5 Å². The van der Waals surface area contributed by atoms with Gasteiger partial charge in [-0.05, 0) is 25.7 Å². The molecule has 1 aromatic rings. The molecule has 0 saturated heterocycles. The normalized spacial score (nSPS) is 21.3. The van der Waals surface area contributed by atoms with Gasteiger partial charge in [0.05, 0.1) is 17.0 Å². The van der Waals surface area contributed by atoms with Crippen molar-refractivity contribution in [2.45, 2.75) is 31.6 Å². The van der Waals surface area contributed by atoms with Gasteiger partial charge in [-0.25, -0.2) is 0 Å². The number of fused-ring (bicyclic) bond motifs is 1. The first kappa shape index (κ1) is 11.5. The van der Waals surface area contributed by atoms with Crippen molar-refractivity contribution in [3.8, 4) is 0 Å². The molecule has 0 aromatic carbocycles. The summed E-state index contributed by atoms with van der Waals surface area (Å²) in [6.45, 7) is 0. The van der Waals surface area contributed by atoms with Crippen LogP contribution in [0, 0.1) is 0 Å². The van der Waals surface area contributed by atoms with Gasteiger partial charge >= 0.3 is 0 Å². The van der Waals surface area contributed by atoms with Crippen LogP contribution in [0.3, 0.4) is 0 Å². The smallest absolute Gasteiger partial charge is 0.194 e. The second kappa shape index (κ2) is 3.97. The molecule has 0 radical (unpaired) electrons. The molecule has 2 aliphatic carbocycles. The summed E-state index contributed by atoms with van der Waals surface area (Å²) in [5, 5.41) is 4.53. The summed E-state index contributed by atoms with van der Waals surface area (Å²) in [4.78, 5) is 14.5. The molecule has 0 unspecified atom stereocenters. The molecule has 0 aliphatic heterocycles. The molecule has 2 aliphatic rings. The molecule has 1 heterocycles. The summed E-state index contributed by atoms with van der Waals surface area (Å²) in [6.07, 6.45) is 6.05. The summed E-state index contributed by atoms with van der Waals surface area (Å²) < 4.78 is 1.93. The van der Waals surface area contributed by atoms with E-state index in [1.54, 1.807) is 0 Å². The molecule has 0 amide bonds. The van der Waals surface area contributed by atoms with Gasteiger partial charge in [-0.3, -0.25) is 9.48 Å². The number of Topliss-reactive ketones (excluding diaryl/α,β-unsaturated/α-hetero) is 1. The molecule has 0 spiro atoms. The van der Waals surface area contributed by atoms with E-state index in [1.807, 2.05) is 36.9 Å². The number of hydrogen-bond acceptors (Lipinski definition) is 3. The van der Waals surface area contributed by atoms with Crippen LogP contribution in [0.4, 0.5) is 0 Å². The van der Waals surface area contributed by atoms with Crippen LogP contribution in [0.2, 0.25) is 0 Å². The van der Waals surface area contributed by atoms with Crippen molar-refractivity contribution >= 4 is 5.78 Å². The maximum absolute atomic E-state index is 12.6. The maximum Gasteiger partial charge on any atom is 0.194 e. The number of carbonyl (C=O) groups is 1. The number of allylic oxidation sites excluding steroid dienone is 1. The molecule has 4 nitrogen and oxygen atoms in total. The van der Waals surface area contributed by atoms with Gasteiger partial charge in [0, 0.05) is 38.8 Å². The van der Waals surface area contributed by atoms with Gasteiger partial charge in [0.2, 0.25) is 0 Å². The van der Waals surface area contributed by atoms with E-state index in [4.69, 9.17) is 0 Å². The van der Waals surface area contributed by atoms with Gasteiger partial charge in [0.1, 0.15) is 0 Å². The summed E-state index contributed by atoms with van der Waals surface area (Å²) >= 11 is 0. The van der Waals surface area contributed by atoms with Crippen molar-refractivity contribution in [3.63, 3.8) is 0 Å². The van der Waals surface area contributed by atoms with Crippen molar-refractivity contribution in [2.24, 2.45) is 7.05 Å². The molecular weight excluding hydrogens is 226 g/mol. The van der Waals surface area contributed by atoms with E-state index in [0.29, 0.717) is 5.92 Å². The van der Waals surface area contributed by atoms with Gasteiger partial charge in [-0.1, -0.05) is 0 Å². The van der Waals surface area contributed by atoms with E-state index in [-0.39, 0.29) is 5.78 Å². The molecule has 18 heavy (non-hydrogen) atoms. The van der Waals surface area contributed by atoms with Gasteiger partial charge in [-0.2, -0.15) is 5.10 Å². The highest BCUT2D eigenvalue weighted by Crippen LogP contribution is 2.43. The number of rotatable bonds is 2. The van der Waals surface area contributed by atoms with Crippen LogP contribution in [0.1, 0.15) is 46.9 Å². The number of aromatic nitrogens is 2. The first-order valence-corrected chi connectivity index (χ1v) is 6.55.